The molecule has 27 heavy (non-hydrogen) atoms. The molecule has 0 aliphatic carbocycles. The Morgan fingerprint density at radius 1 is 1.30 bits per heavy atom. The molecular formula is C20H27FN2O4. The first-order valence-corrected chi connectivity index (χ1v) is 9.21. The van der Waals surface area contributed by atoms with E-state index >= 15 is 0 Å². The van der Waals surface area contributed by atoms with E-state index in [1.54, 1.807) is 11.8 Å². The molecule has 1 heterocycles. The fraction of sp³-hybridized carbons (Fsp3) is 0.550. The van der Waals surface area contributed by atoms with Gasteiger partial charge >= 0.3 is 5.97 Å². The number of hydrogen-bond donors (Lipinski definition) is 2. The van der Waals surface area contributed by atoms with Crippen LogP contribution in [0.5, 0.6) is 0 Å². The number of amides is 2. The molecule has 2 rings (SSSR count). The van der Waals surface area contributed by atoms with Crippen molar-refractivity contribution in [2.45, 2.75) is 45.6 Å². The average molecular weight is 378 g/mol. The smallest absolute Gasteiger partial charge is 0.305 e. The Hall–Kier alpha value is -2.44. The number of nitrogens with one attached hydrogen (secondary N) is 1. The number of nitrogens with zero attached hydrogens (tertiary/aromatic N) is 1. The number of carbonyl (C=O) groups excluding carboxylic acids is 2. The van der Waals surface area contributed by atoms with Crippen molar-refractivity contribution in [1.82, 2.24) is 10.2 Å². The van der Waals surface area contributed by atoms with Crippen molar-refractivity contribution in [3.63, 3.8) is 0 Å². The molecule has 0 saturated carbocycles. The largest absolute Gasteiger partial charge is 0.481 e. The first-order chi connectivity index (χ1) is 12.6. The Bertz CT molecular complexity index is 704. The van der Waals surface area contributed by atoms with Gasteiger partial charge < -0.3 is 15.3 Å². The van der Waals surface area contributed by atoms with E-state index in [4.69, 9.17) is 5.11 Å². The molecule has 2 unspecified atom stereocenters. The fourth-order valence-electron chi connectivity index (χ4n) is 3.24. The molecule has 1 saturated heterocycles. The summed E-state index contributed by atoms with van der Waals surface area (Å²) in [5.74, 6) is -2.29. The Morgan fingerprint density at radius 3 is 2.48 bits per heavy atom. The zero-order valence-electron chi connectivity index (χ0n) is 16.0. The third kappa shape index (κ3) is 5.28. The summed E-state index contributed by atoms with van der Waals surface area (Å²) in [7, 11) is 0. The molecule has 0 spiro atoms. The molecule has 148 valence electrons. The van der Waals surface area contributed by atoms with E-state index in [2.05, 4.69) is 5.32 Å². The van der Waals surface area contributed by atoms with Crippen molar-refractivity contribution >= 4 is 17.8 Å². The SMILES string of the molecule is CC(C)C(C)(CC(=O)O)NC(=O)C1CCCN(C(=O)c2ccc(F)cc2)C1. The van der Waals surface area contributed by atoms with E-state index in [-0.39, 0.29) is 30.7 Å². The van der Waals surface area contributed by atoms with Crippen molar-refractivity contribution in [1.29, 1.82) is 0 Å². The molecule has 7 heteroatoms. The molecule has 1 aliphatic rings. The third-order valence-electron chi connectivity index (χ3n) is 5.37. The molecule has 1 aromatic carbocycles. The van der Waals surface area contributed by atoms with Gasteiger partial charge in [0.25, 0.3) is 5.91 Å². The number of carboxylic acids is 1. The minimum absolute atomic E-state index is 0.0573. The quantitative estimate of drug-likeness (QED) is 0.797. The topological polar surface area (TPSA) is 86.7 Å². The molecule has 0 aromatic heterocycles. The predicted molar refractivity (Wildman–Crippen MR) is 98.7 cm³/mol. The maximum atomic E-state index is 13.1. The summed E-state index contributed by atoms with van der Waals surface area (Å²) in [5.41, 5.74) is -0.470. The van der Waals surface area contributed by atoms with Crippen LogP contribution < -0.4 is 5.32 Å². The molecule has 1 aliphatic heterocycles. The van der Waals surface area contributed by atoms with Gasteiger partial charge in [-0.1, -0.05) is 13.8 Å². The first kappa shape index (κ1) is 20.9. The molecule has 0 radical (unpaired) electrons. The van der Waals surface area contributed by atoms with Gasteiger partial charge in [0.1, 0.15) is 5.82 Å². The van der Waals surface area contributed by atoms with Gasteiger partial charge in [0.2, 0.25) is 5.91 Å². The summed E-state index contributed by atoms with van der Waals surface area (Å²) in [6.45, 7) is 6.27. The molecule has 2 N–H and O–H groups in total. The fourth-order valence-corrected chi connectivity index (χ4v) is 3.24. The lowest BCUT2D eigenvalue weighted by Crippen LogP contribution is -2.55. The van der Waals surface area contributed by atoms with Crippen molar-refractivity contribution in [3.05, 3.63) is 35.6 Å². The van der Waals surface area contributed by atoms with Crippen LogP contribution in [0.2, 0.25) is 0 Å². The Labute approximate surface area is 158 Å². The summed E-state index contributed by atoms with van der Waals surface area (Å²) in [5, 5.41) is 12.0. The second kappa shape index (κ2) is 8.50. The number of rotatable bonds is 6. The maximum Gasteiger partial charge on any atom is 0.305 e. The van der Waals surface area contributed by atoms with Crippen LogP contribution in [-0.2, 0) is 9.59 Å². The van der Waals surface area contributed by atoms with Gasteiger partial charge in [-0.3, -0.25) is 14.4 Å². The molecular weight excluding hydrogens is 351 g/mol. The van der Waals surface area contributed by atoms with E-state index in [0.29, 0.717) is 24.9 Å². The first-order valence-electron chi connectivity index (χ1n) is 9.21. The molecule has 2 atom stereocenters. The van der Waals surface area contributed by atoms with Crippen LogP contribution in [0.4, 0.5) is 4.39 Å². The van der Waals surface area contributed by atoms with Gasteiger partial charge in [0, 0.05) is 24.2 Å². The van der Waals surface area contributed by atoms with Crippen LogP contribution in [-0.4, -0.2) is 46.4 Å². The zero-order valence-corrected chi connectivity index (χ0v) is 16.0. The number of hydrogen-bond acceptors (Lipinski definition) is 3. The highest BCUT2D eigenvalue weighted by molar-refractivity contribution is 5.94. The van der Waals surface area contributed by atoms with Gasteiger partial charge in [-0.25, -0.2) is 4.39 Å². The van der Waals surface area contributed by atoms with Crippen molar-refractivity contribution in [2.24, 2.45) is 11.8 Å². The number of likely N-dealkylation sites (tertiary alicyclic amines) is 1. The van der Waals surface area contributed by atoms with Gasteiger partial charge in [-0.2, -0.15) is 0 Å². The minimum atomic E-state index is -0.969. The van der Waals surface area contributed by atoms with E-state index in [1.165, 1.54) is 24.3 Å². The zero-order chi connectivity index (χ0) is 20.2. The lowest BCUT2D eigenvalue weighted by Gasteiger charge is -2.37. The number of aliphatic carboxylic acids is 1. The monoisotopic (exact) mass is 378 g/mol. The molecule has 1 fully saturated rings. The molecule has 1 aromatic rings. The highest BCUT2D eigenvalue weighted by Crippen LogP contribution is 2.24. The van der Waals surface area contributed by atoms with E-state index in [9.17, 15) is 18.8 Å². The van der Waals surface area contributed by atoms with Crippen LogP contribution in [0, 0.1) is 17.7 Å². The predicted octanol–water partition coefficient (Wildman–Crippen LogP) is 2.68. The molecule has 6 nitrogen and oxygen atoms in total. The van der Waals surface area contributed by atoms with Gasteiger partial charge in [0.15, 0.2) is 0 Å². The van der Waals surface area contributed by atoms with Crippen LogP contribution in [0.3, 0.4) is 0 Å². The summed E-state index contributed by atoms with van der Waals surface area (Å²) in [6.07, 6.45) is 1.16. The maximum absolute atomic E-state index is 13.1. The van der Waals surface area contributed by atoms with Crippen LogP contribution in [0.1, 0.15) is 50.4 Å². The normalized spacial score (nSPS) is 19.4. The van der Waals surface area contributed by atoms with E-state index in [1.807, 2.05) is 13.8 Å². The van der Waals surface area contributed by atoms with Crippen molar-refractivity contribution < 1.29 is 23.9 Å². The molecule has 2 amide bonds. The number of carbonyl (C=O) groups is 3. The third-order valence-corrected chi connectivity index (χ3v) is 5.37. The minimum Gasteiger partial charge on any atom is -0.481 e. The standard InChI is InChI=1S/C20H27FN2O4/c1-13(2)20(3,11-17(24)25)22-18(26)15-5-4-10-23(12-15)19(27)14-6-8-16(21)9-7-14/h6-9,13,15H,4-5,10-12H2,1-3H3,(H,22,26)(H,24,25). The van der Waals surface area contributed by atoms with Crippen LogP contribution in [0.25, 0.3) is 0 Å². The van der Waals surface area contributed by atoms with Gasteiger partial charge in [-0.15, -0.1) is 0 Å². The lowest BCUT2D eigenvalue weighted by atomic mass is 9.84. The summed E-state index contributed by atoms with van der Waals surface area (Å²) < 4.78 is 13.1. The number of benzene rings is 1. The van der Waals surface area contributed by atoms with E-state index < -0.39 is 23.2 Å². The van der Waals surface area contributed by atoms with Crippen molar-refractivity contribution in [3.8, 4) is 0 Å². The van der Waals surface area contributed by atoms with Crippen molar-refractivity contribution in [2.75, 3.05) is 13.1 Å². The highest BCUT2D eigenvalue weighted by atomic mass is 19.1. The Kier molecular flexibility index (Phi) is 6.57. The van der Waals surface area contributed by atoms with Crippen LogP contribution >= 0.6 is 0 Å². The Morgan fingerprint density at radius 2 is 1.93 bits per heavy atom. The summed E-state index contributed by atoms with van der Waals surface area (Å²) in [4.78, 5) is 38.1. The highest BCUT2D eigenvalue weighted by Gasteiger charge is 2.36. The second-order valence-electron chi connectivity index (χ2n) is 7.73. The molecule has 0 bridgehead atoms. The van der Waals surface area contributed by atoms with E-state index in [0.717, 1.165) is 0 Å². The number of carboxylic acid groups (broad SMARTS) is 1. The Balaban J connectivity index is 2.06. The van der Waals surface area contributed by atoms with Crippen LogP contribution in [0.15, 0.2) is 24.3 Å². The lowest BCUT2D eigenvalue weighted by molar-refractivity contribution is -0.140. The van der Waals surface area contributed by atoms with Gasteiger partial charge in [-0.05, 0) is 49.9 Å². The summed E-state index contributed by atoms with van der Waals surface area (Å²) >= 11 is 0. The number of halogens is 1. The summed E-state index contributed by atoms with van der Waals surface area (Å²) in [6, 6.07) is 5.34. The number of piperidine rings is 1. The van der Waals surface area contributed by atoms with Gasteiger partial charge in [0.05, 0.1) is 12.3 Å². The second-order valence-corrected chi connectivity index (χ2v) is 7.73. The average Bonchev–Trinajstić information content (AvgIpc) is 2.61.